The number of benzene rings is 1. The van der Waals surface area contributed by atoms with Crippen LogP contribution in [0.4, 0.5) is 0 Å². The van der Waals surface area contributed by atoms with E-state index in [4.69, 9.17) is 0 Å². The van der Waals surface area contributed by atoms with Crippen molar-refractivity contribution in [2.75, 3.05) is 6.54 Å². The molecule has 1 heteroatoms. The Hall–Kier alpha value is -0.820. The Bertz CT molecular complexity index is 348. The van der Waals surface area contributed by atoms with Gasteiger partial charge in [-0.25, -0.2) is 0 Å². The summed E-state index contributed by atoms with van der Waals surface area (Å²) in [5.41, 5.74) is 3.54. The molecule has 1 aromatic rings. The Balaban J connectivity index is 2.06. The highest BCUT2D eigenvalue weighted by Crippen LogP contribution is 2.45. The molecule has 1 saturated carbocycles. The molecule has 2 fully saturated rings. The number of hydrogen-bond donors (Lipinski definition) is 1. The molecule has 1 aliphatic carbocycles. The van der Waals surface area contributed by atoms with Gasteiger partial charge in [0, 0.05) is 18.0 Å². The predicted molar refractivity (Wildman–Crippen MR) is 58.5 cm³/mol. The third kappa shape index (κ3) is 1.05. The van der Waals surface area contributed by atoms with Crippen molar-refractivity contribution in [3.05, 3.63) is 35.4 Å². The maximum Gasteiger partial charge on any atom is 0.00958 e. The van der Waals surface area contributed by atoms with Gasteiger partial charge in [0.2, 0.25) is 0 Å². The van der Waals surface area contributed by atoms with Crippen LogP contribution in [0, 0.1) is 6.92 Å². The van der Waals surface area contributed by atoms with Gasteiger partial charge in [-0.15, -0.1) is 0 Å². The first-order valence-electron chi connectivity index (χ1n) is 5.60. The van der Waals surface area contributed by atoms with E-state index in [-0.39, 0.29) is 0 Å². The molecule has 1 heterocycles. The fraction of sp³-hybridized carbons (Fsp3) is 0.538. The third-order valence-electron chi connectivity index (χ3n) is 4.05. The first-order chi connectivity index (χ1) is 6.80. The van der Waals surface area contributed by atoms with Crippen molar-refractivity contribution in [3.8, 4) is 0 Å². The Labute approximate surface area is 85.5 Å². The van der Waals surface area contributed by atoms with Gasteiger partial charge in [0.15, 0.2) is 0 Å². The van der Waals surface area contributed by atoms with Crippen LogP contribution in [0.2, 0.25) is 0 Å². The molecule has 1 N–H and O–H groups in total. The smallest absolute Gasteiger partial charge is 0.00958 e. The summed E-state index contributed by atoms with van der Waals surface area (Å²) < 4.78 is 0. The van der Waals surface area contributed by atoms with E-state index in [1.807, 2.05) is 0 Å². The maximum absolute atomic E-state index is 3.62. The highest BCUT2D eigenvalue weighted by molar-refractivity contribution is 5.36. The van der Waals surface area contributed by atoms with Crippen molar-refractivity contribution in [1.29, 1.82) is 0 Å². The SMILES string of the molecule is Cc1ccccc1C12CCC(C1)NC2. The lowest BCUT2D eigenvalue weighted by Crippen LogP contribution is -2.33. The molecule has 2 atom stereocenters. The first kappa shape index (κ1) is 8.49. The Morgan fingerprint density at radius 2 is 2.21 bits per heavy atom. The zero-order valence-electron chi connectivity index (χ0n) is 8.72. The number of aryl methyl sites for hydroxylation is 1. The number of nitrogens with one attached hydrogen (secondary N) is 1. The Kier molecular flexibility index (Phi) is 1.72. The van der Waals surface area contributed by atoms with E-state index in [9.17, 15) is 0 Å². The second-order valence-electron chi connectivity index (χ2n) is 4.92. The fourth-order valence-corrected chi connectivity index (χ4v) is 3.31. The Morgan fingerprint density at radius 1 is 1.36 bits per heavy atom. The van der Waals surface area contributed by atoms with Crippen molar-refractivity contribution in [3.63, 3.8) is 0 Å². The monoisotopic (exact) mass is 187 g/mol. The number of fused-ring (bicyclic) bond motifs is 2. The Morgan fingerprint density at radius 3 is 2.79 bits per heavy atom. The summed E-state index contributed by atoms with van der Waals surface area (Å²) in [4.78, 5) is 0. The van der Waals surface area contributed by atoms with E-state index in [0.29, 0.717) is 5.41 Å². The van der Waals surface area contributed by atoms with E-state index < -0.39 is 0 Å². The normalized spacial score (nSPS) is 35.1. The molecule has 0 spiro atoms. The lowest BCUT2D eigenvalue weighted by molar-refractivity contribution is 0.437. The second-order valence-corrected chi connectivity index (χ2v) is 4.92. The van der Waals surface area contributed by atoms with Crippen LogP contribution in [0.5, 0.6) is 0 Å². The largest absolute Gasteiger partial charge is 0.313 e. The van der Waals surface area contributed by atoms with Crippen LogP contribution in [0.25, 0.3) is 0 Å². The van der Waals surface area contributed by atoms with Crippen LogP contribution in [0.15, 0.2) is 24.3 Å². The highest BCUT2D eigenvalue weighted by Gasteiger charge is 2.46. The minimum atomic E-state index is 0.482. The number of hydrogen-bond acceptors (Lipinski definition) is 1. The zero-order chi connectivity index (χ0) is 9.60. The summed E-state index contributed by atoms with van der Waals surface area (Å²) in [7, 11) is 0. The second kappa shape index (κ2) is 2.83. The molecule has 14 heavy (non-hydrogen) atoms. The third-order valence-corrected chi connectivity index (χ3v) is 4.05. The van der Waals surface area contributed by atoms with Gasteiger partial charge in [0.25, 0.3) is 0 Å². The van der Waals surface area contributed by atoms with Gasteiger partial charge >= 0.3 is 0 Å². The van der Waals surface area contributed by atoms with E-state index in [2.05, 4.69) is 36.5 Å². The zero-order valence-corrected chi connectivity index (χ0v) is 8.72. The van der Waals surface area contributed by atoms with Crippen LogP contribution in [0.1, 0.15) is 30.4 Å². The molecular weight excluding hydrogens is 170 g/mol. The van der Waals surface area contributed by atoms with Crippen LogP contribution in [-0.4, -0.2) is 12.6 Å². The van der Waals surface area contributed by atoms with Crippen molar-refractivity contribution in [2.24, 2.45) is 0 Å². The molecule has 2 aliphatic rings. The lowest BCUT2D eigenvalue weighted by atomic mass is 9.78. The summed E-state index contributed by atoms with van der Waals surface area (Å²) in [6, 6.07) is 9.70. The van der Waals surface area contributed by atoms with Crippen molar-refractivity contribution in [1.82, 2.24) is 5.32 Å². The van der Waals surface area contributed by atoms with E-state index in [0.717, 1.165) is 6.04 Å². The molecule has 1 aliphatic heterocycles. The molecular formula is C13H17N. The average molecular weight is 187 g/mol. The molecule has 0 aromatic heterocycles. The van der Waals surface area contributed by atoms with E-state index in [1.54, 1.807) is 5.56 Å². The summed E-state index contributed by atoms with van der Waals surface area (Å²) in [6.45, 7) is 3.44. The van der Waals surface area contributed by atoms with Crippen LogP contribution in [0.3, 0.4) is 0 Å². The summed E-state index contributed by atoms with van der Waals surface area (Å²) in [5, 5.41) is 3.62. The molecule has 0 amide bonds. The molecule has 2 unspecified atom stereocenters. The van der Waals surface area contributed by atoms with Crippen LogP contribution in [-0.2, 0) is 5.41 Å². The molecule has 1 aromatic carbocycles. The molecule has 3 rings (SSSR count). The fourth-order valence-electron chi connectivity index (χ4n) is 3.31. The standard InChI is InChI=1S/C13H17N/c1-10-4-2-3-5-12(10)13-7-6-11(8-13)14-9-13/h2-5,11,14H,6-9H2,1H3. The quantitative estimate of drug-likeness (QED) is 0.712. The average Bonchev–Trinajstić information content (AvgIpc) is 2.79. The number of piperidine rings is 1. The topological polar surface area (TPSA) is 12.0 Å². The summed E-state index contributed by atoms with van der Waals surface area (Å²) in [5.74, 6) is 0. The van der Waals surface area contributed by atoms with Crippen molar-refractivity contribution < 1.29 is 0 Å². The molecule has 2 bridgehead atoms. The van der Waals surface area contributed by atoms with Crippen LogP contribution >= 0.6 is 0 Å². The van der Waals surface area contributed by atoms with Gasteiger partial charge in [-0.3, -0.25) is 0 Å². The van der Waals surface area contributed by atoms with Gasteiger partial charge in [-0.2, -0.15) is 0 Å². The van der Waals surface area contributed by atoms with Gasteiger partial charge < -0.3 is 5.32 Å². The predicted octanol–water partition coefficient (Wildman–Crippen LogP) is 2.39. The van der Waals surface area contributed by atoms with E-state index >= 15 is 0 Å². The molecule has 1 nitrogen and oxygen atoms in total. The molecule has 74 valence electrons. The van der Waals surface area contributed by atoms with Gasteiger partial charge in [-0.05, 0) is 37.3 Å². The number of rotatable bonds is 1. The van der Waals surface area contributed by atoms with Crippen molar-refractivity contribution >= 4 is 0 Å². The summed E-state index contributed by atoms with van der Waals surface area (Å²) in [6.07, 6.45) is 4.11. The summed E-state index contributed by atoms with van der Waals surface area (Å²) >= 11 is 0. The van der Waals surface area contributed by atoms with Gasteiger partial charge in [-0.1, -0.05) is 24.3 Å². The minimum Gasteiger partial charge on any atom is -0.313 e. The van der Waals surface area contributed by atoms with E-state index in [1.165, 1.54) is 31.4 Å². The van der Waals surface area contributed by atoms with Gasteiger partial charge in [0.1, 0.15) is 0 Å². The highest BCUT2D eigenvalue weighted by atomic mass is 15.0. The molecule has 1 saturated heterocycles. The first-order valence-corrected chi connectivity index (χ1v) is 5.60. The van der Waals surface area contributed by atoms with Crippen LogP contribution < -0.4 is 5.32 Å². The van der Waals surface area contributed by atoms with Crippen molar-refractivity contribution in [2.45, 2.75) is 37.6 Å². The maximum atomic E-state index is 3.62. The molecule has 0 radical (unpaired) electrons. The lowest BCUT2D eigenvalue weighted by Gasteiger charge is -2.28. The minimum absolute atomic E-state index is 0.482. The van der Waals surface area contributed by atoms with Gasteiger partial charge in [0.05, 0.1) is 0 Å².